The van der Waals surface area contributed by atoms with Crippen molar-refractivity contribution >= 4 is 11.8 Å². The zero-order valence-corrected chi connectivity index (χ0v) is 17.2. The highest BCUT2D eigenvalue weighted by Crippen LogP contribution is 2.29. The number of amides is 2. The van der Waals surface area contributed by atoms with E-state index in [9.17, 15) is 22.8 Å². The predicted molar refractivity (Wildman–Crippen MR) is 109 cm³/mol. The molecule has 2 heterocycles. The molecule has 3 aromatic rings. The molecule has 1 aliphatic heterocycles. The van der Waals surface area contributed by atoms with Gasteiger partial charge in [-0.2, -0.15) is 18.2 Å². The number of morpholine rings is 1. The number of alkyl halides is 3. The summed E-state index contributed by atoms with van der Waals surface area (Å²) in [6.07, 6.45) is -4.73. The van der Waals surface area contributed by atoms with Gasteiger partial charge in [-0.05, 0) is 24.3 Å². The number of hydrogen-bond donors (Lipinski definition) is 1. The van der Waals surface area contributed by atoms with E-state index in [1.54, 1.807) is 29.2 Å². The van der Waals surface area contributed by atoms with Crippen molar-refractivity contribution in [2.75, 3.05) is 26.3 Å². The van der Waals surface area contributed by atoms with Crippen LogP contribution in [0.4, 0.5) is 13.2 Å². The average Bonchev–Trinajstić information content (AvgIpc) is 3.34. The molecule has 8 nitrogen and oxygen atoms in total. The van der Waals surface area contributed by atoms with Gasteiger partial charge in [0.1, 0.15) is 0 Å². The van der Waals surface area contributed by atoms with Crippen molar-refractivity contribution in [1.82, 2.24) is 20.4 Å². The molecule has 1 aromatic heterocycles. The number of carbonyl (C=O) groups excluding carboxylic acids is 2. The lowest BCUT2D eigenvalue weighted by Crippen LogP contribution is -2.53. The van der Waals surface area contributed by atoms with Crippen LogP contribution in [-0.2, 0) is 10.9 Å². The Morgan fingerprint density at radius 2 is 1.79 bits per heavy atom. The van der Waals surface area contributed by atoms with Gasteiger partial charge in [-0.25, -0.2) is 0 Å². The third-order valence-electron chi connectivity index (χ3n) is 5.08. The van der Waals surface area contributed by atoms with Crippen LogP contribution in [0.15, 0.2) is 59.1 Å². The van der Waals surface area contributed by atoms with E-state index in [0.29, 0.717) is 18.7 Å². The molecule has 1 saturated heterocycles. The van der Waals surface area contributed by atoms with Crippen molar-refractivity contribution in [2.45, 2.75) is 12.2 Å². The van der Waals surface area contributed by atoms with Crippen LogP contribution >= 0.6 is 0 Å². The van der Waals surface area contributed by atoms with Gasteiger partial charge in [0.25, 0.3) is 11.8 Å². The van der Waals surface area contributed by atoms with Crippen LogP contribution in [0.3, 0.4) is 0 Å². The molecule has 0 bridgehead atoms. The molecule has 4 rings (SSSR count). The molecule has 0 spiro atoms. The zero-order chi connectivity index (χ0) is 23.4. The fourth-order valence-corrected chi connectivity index (χ4v) is 3.38. The Morgan fingerprint density at radius 3 is 2.45 bits per heavy atom. The Balaban J connectivity index is 1.38. The van der Waals surface area contributed by atoms with Gasteiger partial charge < -0.3 is 19.5 Å². The van der Waals surface area contributed by atoms with Crippen LogP contribution in [0.2, 0.25) is 0 Å². The first-order valence-electron chi connectivity index (χ1n) is 10.1. The van der Waals surface area contributed by atoms with Crippen molar-refractivity contribution in [1.29, 1.82) is 0 Å². The van der Waals surface area contributed by atoms with Crippen LogP contribution in [0.5, 0.6) is 0 Å². The van der Waals surface area contributed by atoms with Gasteiger partial charge in [-0.1, -0.05) is 35.5 Å². The summed E-state index contributed by atoms with van der Waals surface area (Å²) in [7, 11) is 0. The van der Waals surface area contributed by atoms with E-state index in [4.69, 9.17) is 4.74 Å². The second-order valence-electron chi connectivity index (χ2n) is 7.30. The first-order valence-corrected chi connectivity index (χ1v) is 10.1. The molecule has 2 aromatic carbocycles. The summed E-state index contributed by atoms with van der Waals surface area (Å²) in [5.41, 5.74) is 1.11. The minimum absolute atomic E-state index is 0.138. The number of halogens is 3. The van der Waals surface area contributed by atoms with Crippen molar-refractivity contribution in [2.24, 2.45) is 0 Å². The van der Waals surface area contributed by atoms with Crippen molar-refractivity contribution < 1.29 is 32.0 Å². The summed E-state index contributed by atoms with van der Waals surface area (Å²) in [5, 5.41) is 6.09. The van der Waals surface area contributed by atoms with Crippen LogP contribution in [0.1, 0.15) is 26.6 Å². The van der Waals surface area contributed by atoms with E-state index in [-0.39, 0.29) is 42.1 Å². The molecule has 0 saturated carbocycles. The average molecular weight is 460 g/mol. The van der Waals surface area contributed by atoms with Crippen molar-refractivity contribution in [3.8, 4) is 11.4 Å². The highest BCUT2D eigenvalue weighted by molar-refractivity contribution is 5.95. The summed E-state index contributed by atoms with van der Waals surface area (Å²) in [5.74, 6) is -2.21. The maximum atomic E-state index is 12.8. The molecule has 1 N–H and O–H groups in total. The first kappa shape index (κ1) is 22.5. The molecule has 2 amide bonds. The summed E-state index contributed by atoms with van der Waals surface area (Å²) in [6.45, 7) is 1.29. The maximum absolute atomic E-state index is 12.8. The number of carbonyl (C=O) groups is 2. The summed E-state index contributed by atoms with van der Waals surface area (Å²) in [4.78, 5) is 30.4. The Labute approximate surface area is 186 Å². The van der Waals surface area contributed by atoms with E-state index < -0.39 is 18.0 Å². The van der Waals surface area contributed by atoms with Crippen molar-refractivity contribution in [3.05, 3.63) is 71.6 Å². The summed E-state index contributed by atoms with van der Waals surface area (Å²) < 4.78 is 47.5. The Hall–Kier alpha value is -3.73. The monoisotopic (exact) mass is 460 g/mol. The second-order valence-corrected chi connectivity index (χ2v) is 7.30. The van der Waals surface area contributed by atoms with Crippen LogP contribution in [0.25, 0.3) is 11.4 Å². The smallest absolute Gasteiger partial charge is 0.377 e. The van der Waals surface area contributed by atoms with E-state index >= 15 is 0 Å². The summed E-state index contributed by atoms with van der Waals surface area (Å²) >= 11 is 0. The minimum Gasteiger partial charge on any atom is -0.377 e. The third-order valence-corrected chi connectivity index (χ3v) is 5.08. The van der Waals surface area contributed by atoms with Crippen LogP contribution in [-0.4, -0.2) is 59.2 Å². The van der Waals surface area contributed by atoms with Crippen LogP contribution in [0, 0.1) is 0 Å². The molecule has 1 fully saturated rings. The largest absolute Gasteiger partial charge is 0.471 e. The maximum Gasteiger partial charge on any atom is 0.471 e. The lowest BCUT2D eigenvalue weighted by molar-refractivity contribution is -0.159. The topological polar surface area (TPSA) is 97.6 Å². The highest BCUT2D eigenvalue weighted by atomic mass is 19.4. The number of nitrogens with one attached hydrogen (secondary N) is 1. The molecule has 11 heteroatoms. The standard InChI is InChI=1S/C22H19F3N4O4/c23-22(24,25)21-27-18(28-33-21)14-6-8-15(9-7-14)19(30)26-12-17-13-32-11-10-29(17)20(31)16-4-2-1-3-5-16/h1-9,17H,10-13H2,(H,26,30). The Bertz CT molecular complexity index is 1120. The van der Waals surface area contributed by atoms with Gasteiger partial charge >= 0.3 is 12.1 Å². The van der Waals surface area contributed by atoms with Crippen molar-refractivity contribution in [3.63, 3.8) is 0 Å². The second kappa shape index (κ2) is 9.41. The molecule has 172 valence electrons. The fourth-order valence-electron chi connectivity index (χ4n) is 3.38. The first-order chi connectivity index (χ1) is 15.8. The SMILES string of the molecule is O=C(NCC1COCCN1C(=O)c1ccccc1)c1ccc(-c2noc(C(F)(F)F)n2)cc1. The minimum atomic E-state index is -4.73. The highest BCUT2D eigenvalue weighted by Gasteiger charge is 2.38. The summed E-state index contributed by atoms with van der Waals surface area (Å²) in [6, 6.07) is 14.3. The number of aromatic nitrogens is 2. The van der Waals surface area contributed by atoms with Gasteiger partial charge in [-0.15, -0.1) is 0 Å². The number of benzene rings is 2. The number of ether oxygens (including phenoxy) is 1. The lowest BCUT2D eigenvalue weighted by atomic mass is 10.1. The van der Waals surface area contributed by atoms with Crippen LogP contribution < -0.4 is 5.32 Å². The number of nitrogens with zero attached hydrogens (tertiary/aromatic N) is 3. The normalized spacial score (nSPS) is 16.5. The molecule has 0 aliphatic carbocycles. The third kappa shape index (κ3) is 5.20. The molecule has 1 atom stereocenters. The molecular formula is C22H19F3N4O4. The fraction of sp³-hybridized carbons (Fsp3) is 0.273. The molecule has 33 heavy (non-hydrogen) atoms. The lowest BCUT2D eigenvalue weighted by Gasteiger charge is -2.35. The predicted octanol–water partition coefficient (Wildman–Crippen LogP) is 3.03. The number of rotatable bonds is 5. The van der Waals surface area contributed by atoms with E-state index in [0.717, 1.165) is 0 Å². The quantitative estimate of drug-likeness (QED) is 0.629. The van der Waals surface area contributed by atoms with E-state index in [1.807, 2.05) is 6.07 Å². The molecular weight excluding hydrogens is 441 g/mol. The molecule has 1 unspecified atom stereocenters. The van der Waals surface area contributed by atoms with E-state index in [2.05, 4.69) is 20.0 Å². The van der Waals surface area contributed by atoms with E-state index in [1.165, 1.54) is 24.3 Å². The van der Waals surface area contributed by atoms with Gasteiger partial charge in [0, 0.05) is 29.8 Å². The van der Waals surface area contributed by atoms with Gasteiger partial charge in [0.05, 0.1) is 19.3 Å². The van der Waals surface area contributed by atoms with Gasteiger partial charge in [0.15, 0.2) is 0 Å². The van der Waals surface area contributed by atoms with Gasteiger partial charge in [-0.3, -0.25) is 9.59 Å². The zero-order valence-electron chi connectivity index (χ0n) is 17.2. The Morgan fingerprint density at radius 1 is 1.06 bits per heavy atom. The van der Waals surface area contributed by atoms with Gasteiger partial charge in [0.2, 0.25) is 5.82 Å². The molecule has 0 radical (unpaired) electrons. The number of hydrogen-bond acceptors (Lipinski definition) is 6. The molecule has 1 aliphatic rings. The Kier molecular flexibility index (Phi) is 6.40.